The maximum absolute atomic E-state index is 11.8. The third kappa shape index (κ3) is 5.10. The number of aryl methyl sites for hydroxylation is 2. The van der Waals surface area contributed by atoms with Crippen molar-refractivity contribution in [3.05, 3.63) is 28.8 Å². The van der Waals surface area contributed by atoms with Crippen molar-refractivity contribution in [2.24, 2.45) is 0 Å². The number of hydrogen-bond donors (Lipinski definition) is 2. The fraction of sp³-hybridized carbons (Fsp3) is 0.500. The SMILES string of the molecule is CCCC(C)NC(=O)COc1c(C)cc(C(=O)O)cc1C. The third-order valence-corrected chi connectivity index (χ3v) is 3.18. The molecule has 21 heavy (non-hydrogen) atoms. The van der Waals surface area contributed by atoms with Crippen LogP contribution in [0.1, 0.15) is 48.2 Å². The highest BCUT2D eigenvalue weighted by Gasteiger charge is 2.13. The molecule has 0 heterocycles. The monoisotopic (exact) mass is 293 g/mol. The molecule has 5 nitrogen and oxygen atoms in total. The van der Waals surface area contributed by atoms with Gasteiger partial charge in [-0.25, -0.2) is 4.79 Å². The van der Waals surface area contributed by atoms with E-state index in [0.29, 0.717) is 16.9 Å². The second-order valence-electron chi connectivity index (χ2n) is 5.29. The van der Waals surface area contributed by atoms with E-state index in [0.717, 1.165) is 12.8 Å². The summed E-state index contributed by atoms with van der Waals surface area (Å²) in [5.74, 6) is -0.575. The number of amides is 1. The highest BCUT2D eigenvalue weighted by molar-refractivity contribution is 5.88. The number of carboxylic acids is 1. The van der Waals surface area contributed by atoms with Crippen LogP contribution in [0.2, 0.25) is 0 Å². The lowest BCUT2D eigenvalue weighted by Crippen LogP contribution is -2.36. The Balaban J connectivity index is 2.67. The number of ether oxygens (including phenoxy) is 1. The van der Waals surface area contributed by atoms with Crippen molar-refractivity contribution in [1.82, 2.24) is 5.32 Å². The second-order valence-corrected chi connectivity index (χ2v) is 5.29. The highest BCUT2D eigenvalue weighted by Crippen LogP contribution is 2.24. The Morgan fingerprint density at radius 3 is 2.33 bits per heavy atom. The van der Waals surface area contributed by atoms with Gasteiger partial charge in [-0.1, -0.05) is 13.3 Å². The first-order valence-electron chi connectivity index (χ1n) is 7.11. The molecule has 1 rings (SSSR count). The summed E-state index contributed by atoms with van der Waals surface area (Å²) in [5.41, 5.74) is 1.64. The lowest BCUT2D eigenvalue weighted by atomic mass is 10.1. The van der Waals surface area contributed by atoms with Gasteiger partial charge in [-0.15, -0.1) is 0 Å². The summed E-state index contributed by atoms with van der Waals surface area (Å²) in [6.45, 7) is 7.50. The van der Waals surface area contributed by atoms with E-state index in [1.807, 2.05) is 6.92 Å². The van der Waals surface area contributed by atoms with E-state index in [1.165, 1.54) is 0 Å². The third-order valence-electron chi connectivity index (χ3n) is 3.18. The molecule has 0 saturated carbocycles. The minimum Gasteiger partial charge on any atom is -0.483 e. The van der Waals surface area contributed by atoms with E-state index in [1.54, 1.807) is 26.0 Å². The standard InChI is InChI=1S/C16H23NO4/c1-5-6-12(4)17-14(18)9-21-15-10(2)7-13(16(19)20)8-11(15)3/h7-8,12H,5-6,9H2,1-4H3,(H,17,18)(H,19,20). The minimum atomic E-state index is -0.973. The summed E-state index contributed by atoms with van der Waals surface area (Å²) in [5, 5.41) is 11.8. The first-order valence-corrected chi connectivity index (χ1v) is 7.11. The van der Waals surface area contributed by atoms with Crippen molar-refractivity contribution < 1.29 is 19.4 Å². The molecule has 0 bridgehead atoms. The van der Waals surface area contributed by atoms with Crippen LogP contribution in [0.3, 0.4) is 0 Å². The molecule has 1 aromatic rings. The van der Waals surface area contributed by atoms with Crippen molar-refractivity contribution in [3.8, 4) is 5.75 Å². The van der Waals surface area contributed by atoms with Crippen LogP contribution in [-0.2, 0) is 4.79 Å². The van der Waals surface area contributed by atoms with E-state index in [4.69, 9.17) is 9.84 Å². The first-order chi connectivity index (χ1) is 9.85. The van der Waals surface area contributed by atoms with Gasteiger partial charge in [0, 0.05) is 6.04 Å². The zero-order valence-corrected chi connectivity index (χ0v) is 13.0. The molecule has 0 spiro atoms. The van der Waals surface area contributed by atoms with Gasteiger partial charge in [-0.3, -0.25) is 4.79 Å². The molecule has 1 atom stereocenters. The average molecular weight is 293 g/mol. The van der Waals surface area contributed by atoms with Gasteiger partial charge in [0.05, 0.1) is 5.56 Å². The van der Waals surface area contributed by atoms with E-state index in [-0.39, 0.29) is 24.1 Å². The maximum Gasteiger partial charge on any atom is 0.335 e. The quantitative estimate of drug-likeness (QED) is 0.810. The number of hydrogen-bond acceptors (Lipinski definition) is 3. The summed E-state index contributed by atoms with van der Waals surface area (Å²) < 4.78 is 5.54. The molecule has 2 N–H and O–H groups in total. The molecule has 0 aliphatic heterocycles. The van der Waals surface area contributed by atoms with E-state index in [2.05, 4.69) is 12.2 Å². The zero-order chi connectivity index (χ0) is 16.0. The molecule has 0 fully saturated rings. The predicted molar refractivity (Wildman–Crippen MR) is 80.9 cm³/mol. The van der Waals surface area contributed by atoms with Crippen molar-refractivity contribution >= 4 is 11.9 Å². The van der Waals surface area contributed by atoms with Gasteiger partial charge in [-0.05, 0) is 50.5 Å². The van der Waals surface area contributed by atoms with E-state index in [9.17, 15) is 9.59 Å². The van der Waals surface area contributed by atoms with Gasteiger partial charge in [0.2, 0.25) is 0 Å². The van der Waals surface area contributed by atoms with Crippen molar-refractivity contribution in [2.45, 2.75) is 46.6 Å². The number of benzene rings is 1. The maximum atomic E-state index is 11.8. The molecule has 0 saturated heterocycles. The Morgan fingerprint density at radius 2 is 1.86 bits per heavy atom. The summed E-state index contributed by atoms with van der Waals surface area (Å²) in [6, 6.07) is 3.22. The van der Waals surface area contributed by atoms with Gasteiger partial charge in [-0.2, -0.15) is 0 Å². The Bertz CT molecular complexity index is 502. The average Bonchev–Trinajstić information content (AvgIpc) is 2.37. The van der Waals surface area contributed by atoms with Crippen LogP contribution in [0.25, 0.3) is 0 Å². The minimum absolute atomic E-state index is 0.0673. The second kappa shape index (κ2) is 7.67. The fourth-order valence-corrected chi connectivity index (χ4v) is 2.26. The lowest BCUT2D eigenvalue weighted by Gasteiger charge is -2.15. The van der Waals surface area contributed by atoms with Crippen molar-refractivity contribution in [1.29, 1.82) is 0 Å². The molecule has 116 valence electrons. The molecular formula is C16H23NO4. The molecule has 0 aliphatic rings. The lowest BCUT2D eigenvalue weighted by molar-refractivity contribution is -0.123. The van der Waals surface area contributed by atoms with Gasteiger partial charge in [0.25, 0.3) is 5.91 Å². The fourth-order valence-electron chi connectivity index (χ4n) is 2.26. The highest BCUT2D eigenvalue weighted by atomic mass is 16.5. The van der Waals surface area contributed by atoms with Crippen LogP contribution < -0.4 is 10.1 Å². The van der Waals surface area contributed by atoms with Crippen molar-refractivity contribution in [2.75, 3.05) is 6.61 Å². The predicted octanol–water partition coefficient (Wildman–Crippen LogP) is 2.69. The molecule has 0 aliphatic carbocycles. The Labute approximate surface area is 125 Å². The van der Waals surface area contributed by atoms with Crippen LogP contribution in [0.4, 0.5) is 0 Å². The van der Waals surface area contributed by atoms with Crippen LogP contribution in [-0.4, -0.2) is 29.6 Å². The summed E-state index contributed by atoms with van der Waals surface area (Å²) in [6.07, 6.45) is 1.94. The number of nitrogens with one attached hydrogen (secondary N) is 1. The summed E-state index contributed by atoms with van der Waals surface area (Å²) in [7, 11) is 0. The smallest absolute Gasteiger partial charge is 0.335 e. The van der Waals surface area contributed by atoms with Gasteiger partial charge in [0.15, 0.2) is 6.61 Å². The molecule has 1 unspecified atom stereocenters. The molecule has 5 heteroatoms. The van der Waals surface area contributed by atoms with Crippen LogP contribution in [0.15, 0.2) is 12.1 Å². The summed E-state index contributed by atoms with van der Waals surface area (Å²) in [4.78, 5) is 22.7. The molecule has 1 aromatic carbocycles. The number of carboxylic acid groups (broad SMARTS) is 1. The number of aromatic carboxylic acids is 1. The Kier molecular flexibility index (Phi) is 6.21. The zero-order valence-electron chi connectivity index (χ0n) is 13.0. The van der Waals surface area contributed by atoms with Crippen LogP contribution >= 0.6 is 0 Å². The van der Waals surface area contributed by atoms with Crippen molar-refractivity contribution in [3.63, 3.8) is 0 Å². The van der Waals surface area contributed by atoms with E-state index >= 15 is 0 Å². The van der Waals surface area contributed by atoms with Gasteiger partial charge >= 0.3 is 5.97 Å². The normalized spacial score (nSPS) is 11.8. The number of rotatable bonds is 7. The Morgan fingerprint density at radius 1 is 1.29 bits per heavy atom. The number of carbonyl (C=O) groups excluding carboxylic acids is 1. The first kappa shape index (κ1) is 17.0. The van der Waals surface area contributed by atoms with Crippen LogP contribution in [0.5, 0.6) is 5.75 Å². The molecule has 0 aromatic heterocycles. The molecule has 1 amide bonds. The largest absolute Gasteiger partial charge is 0.483 e. The molecular weight excluding hydrogens is 270 g/mol. The van der Waals surface area contributed by atoms with Gasteiger partial charge < -0.3 is 15.2 Å². The number of carbonyl (C=O) groups is 2. The van der Waals surface area contributed by atoms with Gasteiger partial charge in [0.1, 0.15) is 5.75 Å². The summed E-state index contributed by atoms with van der Waals surface area (Å²) >= 11 is 0. The topological polar surface area (TPSA) is 75.6 Å². The van der Waals surface area contributed by atoms with E-state index < -0.39 is 5.97 Å². The Hall–Kier alpha value is -2.04. The molecule has 0 radical (unpaired) electrons. The van der Waals surface area contributed by atoms with Crippen LogP contribution in [0, 0.1) is 13.8 Å².